The van der Waals surface area contributed by atoms with Gasteiger partial charge in [-0.3, -0.25) is 14.9 Å². The van der Waals surface area contributed by atoms with Crippen molar-refractivity contribution in [1.82, 2.24) is 0 Å². The van der Waals surface area contributed by atoms with Gasteiger partial charge in [0.15, 0.2) is 0 Å². The van der Waals surface area contributed by atoms with Crippen LogP contribution in [0.2, 0.25) is 0 Å². The van der Waals surface area contributed by atoms with E-state index in [1.807, 2.05) is 30.3 Å². The molecular formula is C21H23N3O3. The molecule has 0 unspecified atom stereocenters. The molecule has 2 N–H and O–H groups in total. The number of anilines is 2. The minimum atomic E-state index is -0.393. The average Bonchev–Trinajstić information content (AvgIpc) is 2.77. The van der Waals surface area contributed by atoms with Crippen LogP contribution in [0.3, 0.4) is 0 Å². The highest BCUT2D eigenvalue weighted by Gasteiger charge is 2.46. The zero-order valence-electron chi connectivity index (χ0n) is 15.4. The molecule has 3 atom stereocenters. The quantitative estimate of drug-likeness (QED) is 0.602. The van der Waals surface area contributed by atoms with Crippen LogP contribution < -0.4 is 10.6 Å². The van der Waals surface area contributed by atoms with Crippen LogP contribution in [0.25, 0.3) is 0 Å². The highest BCUT2D eigenvalue weighted by Crippen LogP contribution is 2.46. The SMILES string of the molecule is CC1(C)CC(=O)[C@H]2[C@@H](C1)Nc1ccccc1N[C@H]2c1cccc([N+](=O)[O-])c1. The van der Waals surface area contributed by atoms with Crippen molar-refractivity contribution in [1.29, 1.82) is 0 Å². The molecule has 1 aliphatic carbocycles. The Morgan fingerprint density at radius 3 is 2.48 bits per heavy atom. The van der Waals surface area contributed by atoms with Crippen LogP contribution >= 0.6 is 0 Å². The van der Waals surface area contributed by atoms with Gasteiger partial charge in [0.2, 0.25) is 0 Å². The molecule has 2 aromatic rings. The molecule has 1 fully saturated rings. The first-order valence-corrected chi connectivity index (χ1v) is 9.23. The second kappa shape index (κ2) is 6.37. The Bertz CT molecular complexity index is 909. The third-order valence-corrected chi connectivity index (χ3v) is 5.61. The summed E-state index contributed by atoms with van der Waals surface area (Å²) in [5.74, 6) is -0.0898. The van der Waals surface area contributed by atoms with Crippen LogP contribution in [-0.2, 0) is 4.79 Å². The highest BCUT2D eigenvalue weighted by atomic mass is 16.6. The molecule has 6 heteroatoms. The maximum absolute atomic E-state index is 13.1. The number of nitrogens with zero attached hydrogens (tertiary/aromatic N) is 1. The van der Waals surface area contributed by atoms with Crippen LogP contribution in [0, 0.1) is 21.4 Å². The lowest BCUT2D eigenvalue weighted by molar-refractivity contribution is -0.384. The molecule has 0 aromatic heterocycles. The van der Waals surface area contributed by atoms with E-state index in [1.165, 1.54) is 6.07 Å². The van der Waals surface area contributed by atoms with Gasteiger partial charge in [-0.05, 0) is 29.5 Å². The summed E-state index contributed by atoms with van der Waals surface area (Å²) in [6.45, 7) is 4.24. The number of hydrogen-bond donors (Lipinski definition) is 2. The van der Waals surface area contributed by atoms with Gasteiger partial charge in [-0.25, -0.2) is 0 Å². The lowest BCUT2D eigenvalue weighted by atomic mass is 9.66. The topological polar surface area (TPSA) is 84.3 Å². The van der Waals surface area contributed by atoms with Crippen molar-refractivity contribution in [2.24, 2.45) is 11.3 Å². The number of nitro groups is 1. The van der Waals surface area contributed by atoms with E-state index in [4.69, 9.17) is 0 Å². The first kappa shape index (κ1) is 17.5. The lowest BCUT2D eigenvalue weighted by Gasteiger charge is -2.42. The Balaban J connectivity index is 1.82. The summed E-state index contributed by atoms with van der Waals surface area (Å²) >= 11 is 0. The maximum Gasteiger partial charge on any atom is 0.269 e. The number of benzene rings is 2. The van der Waals surface area contributed by atoms with Crippen molar-refractivity contribution in [2.75, 3.05) is 10.6 Å². The van der Waals surface area contributed by atoms with Crippen molar-refractivity contribution in [3.8, 4) is 0 Å². The monoisotopic (exact) mass is 365 g/mol. The highest BCUT2D eigenvalue weighted by molar-refractivity contribution is 5.87. The molecule has 1 saturated carbocycles. The van der Waals surface area contributed by atoms with Gasteiger partial charge in [0.1, 0.15) is 5.78 Å². The second-order valence-corrected chi connectivity index (χ2v) is 8.31. The van der Waals surface area contributed by atoms with Gasteiger partial charge >= 0.3 is 0 Å². The molecule has 0 saturated heterocycles. The number of fused-ring (bicyclic) bond motifs is 2. The number of carbonyl (C=O) groups is 1. The van der Waals surface area contributed by atoms with E-state index >= 15 is 0 Å². The fraction of sp³-hybridized carbons (Fsp3) is 0.381. The Morgan fingerprint density at radius 1 is 1.07 bits per heavy atom. The van der Waals surface area contributed by atoms with Crippen molar-refractivity contribution in [3.05, 3.63) is 64.2 Å². The fourth-order valence-corrected chi connectivity index (χ4v) is 4.48. The molecule has 6 nitrogen and oxygen atoms in total. The molecule has 0 amide bonds. The number of rotatable bonds is 2. The van der Waals surface area contributed by atoms with E-state index in [-0.39, 0.29) is 34.9 Å². The van der Waals surface area contributed by atoms with Gasteiger partial charge in [-0.1, -0.05) is 38.1 Å². The molecule has 0 spiro atoms. The molecule has 2 aromatic carbocycles. The van der Waals surface area contributed by atoms with Crippen molar-refractivity contribution in [2.45, 2.75) is 38.8 Å². The minimum absolute atomic E-state index is 0.0262. The van der Waals surface area contributed by atoms with Crippen LogP contribution in [0.5, 0.6) is 0 Å². The smallest absolute Gasteiger partial charge is 0.269 e. The number of Topliss-reactive ketones (excluding diaryl/α,β-unsaturated/α-hetero) is 1. The van der Waals surface area contributed by atoms with E-state index in [0.717, 1.165) is 23.4 Å². The predicted molar refractivity (Wildman–Crippen MR) is 105 cm³/mol. The van der Waals surface area contributed by atoms with Crippen molar-refractivity contribution < 1.29 is 9.72 Å². The third-order valence-electron chi connectivity index (χ3n) is 5.61. The van der Waals surface area contributed by atoms with Crippen molar-refractivity contribution in [3.63, 3.8) is 0 Å². The van der Waals surface area contributed by atoms with Gasteiger partial charge in [0.05, 0.1) is 28.3 Å². The fourth-order valence-electron chi connectivity index (χ4n) is 4.48. The van der Waals surface area contributed by atoms with Crippen LogP contribution in [0.1, 0.15) is 38.3 Å². The molecule has 1 heterocycles. The van der Waals surface area contributed by atoms with Crippen molar-refractivity contribution >= 4 is 22.8 Å². The van der Waals surface area contributed by atoms with Gasteiger partial charge < -0.3 is 10.6 Å². The summed E-state index contributed by atoms with van der Waals surface area (Å²) in [5.41, 5.74) is 2.61. The number of non-ortho nitro benzene ring substituents is 1. The zero-order valence-corrected chi connectivity index (χ0v) is 15.4. The first-order chi connectivity index (χ1) is 12.8. The molecule has 2 aliphatic rings. The minimum Gasteiger partial charge on any atom is -0.380 e. The Kier molecular flexibility index (Phi) is 4.13. The van der Waals surface area contributed by atoms with Gasteiger partial charge in [-0.2, -0.15) is 0 Å². The third kappa shape index (κ3) is 3.27. The standard InChI is InChI=1S/C21H23N3O3/c1-21(2)11-17-19(18(25)12-21)20(13-6-5-7-14(10-13)24(26)27)23-16-9-4-3-8-15(16)22-17/h3-10,17,19-20,22-23H,11-12H2,1-2H3/t17-,19-,20+/m1/s1. The summed E-state index contributed by atoms with van der Waals surface area (Å²) in [6, 6.07) is 14.2. The maximum atomic E-state index is 13.1. The summed E-state index contributed by atoms with van der Waals surface area (Å²) in [5, 5.41) is 18.3. The predicted octanol–water partition coefficient (Wildman–Crippen LogP) is 4.55. The van der Waals surface area contributed by atoms with E-state index < -0.39 is 4.92 Å². The molecular weight excluding hydrogens is 342 g/mol. The number of para-hydroxylation sites is 2. The average molecular weight is 365 g/mol. The lowest BCUT2D eigenvalue weighted by Crippen LogP contribution is -2.47. The van der Waals surface area contributed by atoms with Crippen LogP contribution in [0.4, 0.5) is 17.1 Å². The molecule has 1 aliphatic heterocycles. The summed E-state index contributed by atoms with van der Waals surface area (Å²) in [4.78, 5) is 24.0. The second-order valence-electron chi connectivity index (χ2n) is 8.31. The summed E-state index contributed by atoms with van der Waals surface area (Å²) in [6.07, 6.45) is 1.38. The Labute approximate surface area is 158 Å². The van der Waals surface area contributed by atoms with E-state index in [2.05, 4.69) is 24.5 Å². The van der Waals surface area contributed by atoms with E-state index in [1.54, 1.807) is 12.1 Å². The van der Waals surface area contributed by atoms with E-state index in [0.29, 0.717) is 6.42 Å². The van der Waals surface area contributed by atoms with Crippen LogP contribution in [-0.4, -0.2) is 16.7 Å². The van der Waals surface area contributed by atoms with Gasteiger partial charge in [-0.15, -0.1) is 0 Å². The first-order valence-electron chi connectivity index (χ1n) is 9.23. The number of ketones is 1. The van der Waals surface area contributed by atoms with Gasteiger partial charge in [0, 0.05) is 24.6 Å². The zero-order chi connectivity index (χ0) is 19.2. The number of carbonyl (C=O) groups excluding carboxylic acids is 1. The largest absolute Gasteiger partial charge is 0.380 e. The number of hydrogen-bond acceptors (Lipinski definition) is 5. The molecule has 140 valence electrons. The number of nitro benzene ring substituents is 1. The number of nitrogens with one attached hydrogen (secondary N) is 2. The Hall–Kier alpha value is -2.89. The molecule has 0 bridgehead atoms. The molecule has 27 heavy (non-hydrogen) atoms. The summed E-state index contributed by atoms with van der Waals surface area (Å²) in [7, 11) is 0. The van der Waals surface area contributed by atoms with Crippen LogP contribution in [0.15, 0.2) is 48.5 Å². The molecule has 0 radical (unpaired) electrons. The summed E-state index contributed by atoms with van der Waals surface area (Å²) < 4.78 is 0. The normalized spacial score (nSPS) is 26.0. The Morgan fingerprint density at radius 2 is 1.78 bits per heavy atom. The molecule has 4 rings (SSSR count). The van der Waals surface area contributed by atoms with E-state index in [9.17, 15) is 14.9 Å². The van der Waals surface area contributed by atoms with Gasteiger partial charge in [0.25, 0.3) is 5.69 Å².